The molecule has 2 aromatic carbocycles. The molecule has 0 bridgehead atoms. The number of benzene rings is 2. The molecular weight excluding hydrogens is 462 g/mol. The van der Waals surface area contributed by atoms with E-state index in [9.17, 15) is 18.0 Å². The highest BCUT2D eigenvalue weighted by atomic mass is 35.5. The first-order chi connectivity index (χ1) is 15.4. The fraction of sp³-hybridized carbons (Fsp3) is 0.417. The third-order valence-corrected chi connectivity index (χ3v) is 6.53. The Kier molecular flexibility index (Phi) is 9.31. The van der Waals surface area contributed by atoms with Crippen LogP contribution >= 0.6 is 11.6 Å². The molecule has 2 rings (SSSR count). The molecule has 180 valence electrons. The Balaban J connectivity index is 2.38. The molecule has 0 saturated carbocycles. The lowest BCUT2D eigenvalue weighted by atomic mass is 10.1. The fourth-order valence-electron chi connectivity index (χ4n) is 3.26. The van der Waals surface area contributed by atoms with Gasteiger partial charge in [-0.05, 0) is 43.0 Å². The van der Waals surface area contributed by atoms with Crippen molar-refractivity contribution >= 4 is 39.1 Å². The minimum absolute atomic E-state index is 0.169. The number of nitrogens with zero attached hydrogens (tertiary/aromatic N) is 2. The minimum atomic E-state index is -3.80. The number of anilines is 1. The van der Waals surface area contributed by atoms with Crippen LogP contribution in [-0.2, 0) is 26.2 Å². The van der Waals surface area contributed by atoms with E-state index >= 15 is 0 Å². The number of amides is 2. The normalized spacial score (nSPS) is 12.3. The van der Waals surface area contributed by atoms with Crippen LogP contribution in [0.1, 0.15) is 31.9 Å². The molecule has 0 heterocycles. The molecule has 7 nitrogen and oxygen atoms in total. The molecule has 0 radical (unpaired) electrons. The molecule has 0 unspecified atom stereocenters. The quantitative estimate of drug-likeness (QED) is 0.547. The summed E-state index contributed by atoms with van der Waals surface area (Å²) in [6, 6.07) is 13.4. The van der Waals surface area contributed by atoms with Gasteiger partial charge in [-0.15, -0.1) is 0 Å². The maximum absolute atomic E-state index is 13.5. The van der Waals surface area contributed by atoms with Crippen LogP contribution in [0, 0.1) is 12.8 Å². The first-order valence-corrected chi connectivity index (χ1v) is 13.0. The molecule has 2 amide bonds. The number of nitrogens with one attached hydrogen (secondary N) is 1. The molecule has 0 saturated heterocycles. The summed E-state index contributed by atoms with van der Waals surface area (Å²) < 4.78 is 26.3. The Morgan fingerprint density at radius 3 is 2.27 bits per heavy atom. The van der Waals surface area contributed by atoms with E-state index in [1.807, 2.05) is 44.2 Å². The average molecular weight is 494 g/mol. The summed E-state index contributed by atoms with van der Waals surface area (Å²) in [7, 11) is -3.80. The van der Waals surface area contributed by atoms with Gasteiger partial charge in [0, 0.05) is 18.1 Å². The number of carbonyl (C=O) groups excluding carboxylic acids is 2. The first kappa shape index (κ1) is 26.7. The lowest BCUT2D eigenvalue weighted by Gasteiger charge is -2.32. The molecule has 33 heavy (non-hydrogen) atoms. The summed E-state index contributed by atoms with van der Waals surface area (Å²) in [5.41, 5.74) is 1.82. The monoisotopic (exact) mass is 493 g/mol. The first-order valence-electron chi connectivity index (χ1n) is 10.7. The second-order valence-corrected chi connectivity index (χ2v) is 10.9. The summed E-state index contributed by atoms with van der Waals surface area (Å²) in [5, 5.41) is 3.21. The highest BCUT2D eigenvalue weighted by Crippen LogP contribution is 2.26. The van der Waals surface area contributed by atoms with Gasteiger partial charge in [-0.3, -0.25) is 13.9 Å². The summed E-state index contributed by atoms with van der Waals surface area (Å²) in [4.78, 5) is 27.7. The minimum Gasteiger partial charge on any atom is -0.354 e. The zero-order valence-corrected chi connectivity index (χ0v) is 21.3. The van der Waals surface area contributed by atoms with Crippen LogP contribution in [0.2, 0.25) is 5.02 Å². The lowest BCUT2D eigenvalue weighted by molar-refractivity contribution is -0.139. The van der Waals surface area contributed by atoms with E-state index in [2.05, 4.69) is 5.32 Å². The van der Waals surface area contributed by atoms with Gasteiger partial charge in [0.2, 0.25) is 21.8 Å². The zero-order chi connectivity index (χ0) is 24.8. The van der Waals surface area contributed by atoms with Crippen molar-refractivity contribution < 1.29 is 18.0 Å². The van der Waals surface area contributed by atoms with E-state index in [1.165, 1.54) is 11.0 Å². The van der Waals surface area contributed by atoms with Crippen molar-refractivity contribution in [2.75, 3.05) is 23.7 Å². The lowest BCUT2D eigenvalue weighted by Crippen LogP contribution is -2.51. The van der Waals surface area contributed by atoms with E-state index < -0.39 is 28.5 Å². The highest BCUT2D eigenvalue weighted by molar-refractivity contribution is 7.92. The van der Waals surface area contributed by atoms with Crippen LogP contribution in [-0.4, -0.2) is 50.5 Å². The largest absolute Gasteiger partial charge is 0.354 e. The number of hydrogen-bond donors (Lipinski definition) is 1. The van der Waals surface area contributed by atoms with E-state index in [-0.39, 0.29) is 18.4 Å². The second kappa shape index (κ2) is 11.5. The van der Waals surface area contributed by atoms with Gasteiger partial charge in [-0.2, -0.15) is 0 Å². The molecule has 0 spiro atoms. The third-order valence-electron chi connectivity index (χ3n) is 5.17. The van der Waals surface area contributed by atoms with Gasteiger partial charge >= 0.3 is 0 Å². The van der Waals surface area contributed by atoms with E-state index in [1.54, 1.807) is 26.0 Å². The number of halogens is 1. The Morgan fingerprint density at radius 1 is 1.06 bits per heavy atom. The Bertz CT molecular complexity index is 1070. The second-order valence-electron chi connectivity index (χ2n) is 8.52. The molecule has 0 aromatic heterocycles. The number of aryl methyl sites for hydroxylation is 1. The number of sulfonamides is 1. The maximum atomic E-state index is 13.5. The van der Waals surface area contributed by atoms with Crippen LogP contribution in [0.4, 0.5) is 5.69 Å². The van der Waals surface area contributed by atoms with Gasteiger partial charge in [-0.25, -0.2) is 8.42 Å². The van der Waals surface area contributed by atoms with E-state index in [0.29, 0.717) is 22.8 Å². The van der Waals surface area contributed by atoms with Gasteiger partial charge in [0.1, 0.15) is 12.6 Å². The van der Waals surface area contributed by atoms with Crippen molar-refractivity contribution in [1.82, 2.24) is 10.2 Å². The van der Waals surface area contributed by atoms with Crippen molar-refractivity contribution in [1.29, 1.82) is 0 Å². The van der Waals surface area contributed by atoms with Crippen molar-refractivity contribution in [3.8, 4) is 0 Å². The SMILES string of the molecule is Cc1ccc(Cl)cc1N(CC(=O)N(Cc1ccccc1)[C@@H](C)C(=O)NCC(C)C)S(C)(=O)=O. The van der Waals surface area contributed by atoms with E-state index in [0.717, 1.165) is 16.1 Å². The molecule has 9 heteroatoms. The molecule has 1 N–H and O–H groups in total. The van der Waals surface area contributed by atoms with Crippen LogP contribution in [0.3, 0.4) is 0 Å². The molecule has 2 aromatic rings. The van der Waals surface area contributed by atoms with Gasteiger partial charge in [0.25, 0.3) is 0 Å². The summed E-state index contributed by atoms with van der Waals surface area (Å²) in [6.45, 7) is 7.55. The van der Waals surface area contributed by atoms with Crippen LogP contribution in [0.5, 0.6) is 0 Å². The molecule has 0 aliphatic carbocycles. The maximum Gasteiger partial charge on any atom is 0.244 e. The Labute approximate surface area is 201 Å². The van der Waals surface area contributed by atoms with Gasteiger partial charge in [0.15, 0.2) is 0 Å². The van der Waals surface area contributed by atoms with Crippen molar-refractivity contribution in [3.63, 3.8) is 0 Å². The third kappa shape index (κ3) is 7.75. The Hall–Kier alpha value is -2.58. The number of carbonyl (C=O) groups is 2. The van der Waals surface area contributed by atoms with Gasteiger partial charge in [0.05, 0.1) is 11.9 Å². The summed E-state index contributed by atoms with van der Waals surface area (Å²) >= 11 is 6.10. The van der Waals surface area contributed by atoms with Crippen molar-refractivity contribution in [3.05, 3.63) is 64.7 Å². The molecule has 1 atom stereocenters. The summed E-state index contributed by atoms with van der Waals surface area (Å²) in [6.07, 6.45) is 1.04. The van der Waals surface area contributed by atoms with Crippen LogP contribution in [0.15, 0.2) is 48.5 Å². The molecular formula is C24H32ClN3O4S. The predicted molar refractivity (Wildman–Crippen MR) is 133 cm³/mol. The zero-order valence-electron chi connectivity index (χ0n) is 19.7. The number of rotatable bonds is 10. The fourth-order valence-corrected chi connectivity index (χ4v) is 4.33. The smallest absolute Gasteiger partial charge is 0.244 e. The number of hydrogen-bond acceptors (Lipinski definition) is 4. The van der Waals surface area contributed by atoms with Crippen LogP contribution < -0.4 is 9.62 Å². The highest BCUT2D eigenvalue weighted by Gasteiger charge is 2.30. The average Bonchev–Trinajstić information content (AvgIpc) is 2.75. The Morgan fingerprint density at radius 2 is 1.70 bits per heavy atom. The van der Waals surface area contributed by atoms with Crippen molar-refractivity contribution in [2.24, 2.45) is 5.92 Å². The van der Waals surface area contributed by atoms with Gasteiger partial charge < -0.3 is 10.2 Å². The topological polar surface area (TPSA) is 86.8 Å². The van der Waals surface area contributed by atoms with Crippen molar-refractivity contribution in [2.45, 2.75) is 40.3 Å². The molecule has 0 aliphatic heterocycles. The standard InChI is InChI=1S/C24H32ClN3O4S/c1-17(2)14-26-24(30)19(4)27(15-20-9-7-6-8-10-20)23(29)16-28(33(5,31)32)22-13-21(25)12-11-18(22)3/h6-13,17,19H,14-16H2,1-5H3,(H,26,30)/t19-/m0/s1. The molecule has 0 aliphatic rings. The van der Waals surface area contributed by atoms with Crippen LogP contribution in [0.25, 0.3) is 0 Å². The molecule has 0 fully saturated rings. The van der Waals surface area contributed by atoms with E-state index in [4.69, 9.17) is 11.6 Å². The predicted octanol–water partition coefficient (Wildman–Crippen LogP) is 3.60. The van der Waals surface area contributed by atoms with Gasteiger partial charge in [-0.1, -0.05) is 61.8 Å². The summed E-state index contributed by atoms with van der Waals surface area (Å²) in [5.74, 6) is -0.528.